The Morgan fingerprint density at radius 3 is 2.19 bits per heavy atom. The summed E-state index contributed by atoms with van der Waals surface area (Å²) < 4.78 is 4.94. The second-order valence-corrected chi connectivity index (χ2v) is 5.01. The standard InChI is InChI=1S/C15H18ClNO4/c1-4-21-15(20)13(9(2)18)14(17-10(3)19)11-5-7-12(16)8-6-11/h5-8,13-14H,4H2,1-3H3,(H,17,19)/t13-,14-/m0/s1. The monoisotopic (exact) mass is 311 g/mol. The van der Waals surface area contributed by atoms with Gasteiger partial charge in [-0.25, -0.2) is 0 Å². The van der Waals surface area contributed by atoms with Crippen molar-refractivity contribution >= 4 is 29.3 Å². The molecule has 0 aliphatic carbocycles. The molecule has 1 amide bonds. The Bertz CT molecular complexity index is 527. The van der Waals surface area contributed by atoms with Crippen LogP contribution in [-0.2, 0) is 19.1 Å². The van der Waals surface area contributed by atoms with Gasteiger partial charge in [0, 0.05) is 11.9 Å². The topological polar surface area (TPSA) is 72.5 Å². The molecule has 1 aromatic rings. The van der Waals surface area contributed by atoms with Crippen LogP contribution in [0.4, 0.5) is 0 Å². The fourth-order valence-electron chi connectivity index (χ4n) is 2.02. The zero-order chi connectivity index (χ0) is 16.0. The van der Waals surface area contributed by atoms with Crippen LogP contribution in [0.5, 0.6) is 0 Å². The number of hydrogen-bond donors (Lipinski definition) is 1. The first-order valence-corrected chi connectivity index (χ1v) is 6.94. The van der Waals surface area contributed by atoms with Crippen molar-refractivity contribution in [3.05, 3.63) is 34.9 Å². The van der Waals surface area contributed by atoms with Gasteiger partial charge in [0.1, 0.15) is 11.7 Å². The van der Waals surface area contributed by atoms with Crippen molar-refractivity contribution in [3.63, 3.8) is 0 Å². The molecule has 6 heteroatoms. The molecule has 1 rings (SSSR count). The van der Waals surface area contributed by atoms with E-state index in [0.717, 1.165) is 0 Å². The van der Waals surface area contributed by atoms with Crippen molar-refractivity contribution in [2.75, 3.05) is 6.61 Å². The number of ether oxygens (including phenoxy) is 1. The average molecular weight is 312 g/mol. The molecular formula is C15H18ClNO4. The molecule has 0 radical (unpaired) electrons. The van der Waals surface area contributed by atoms with E-state index in [0.29, 0.717) is 10.6 Å². The van der Waals surface area contributed by atoms with E-state index in [2.05, 4.69) is 5.32 Å². The Morgan fingerprint density at radius 1 is 1.19 bits per heavy atom. The van der Waals surface area contributed by atoms with Crippen molar-refractivity contribution < 1.29 is 19.1 Å². The first kappa shape index (κ1) is 17.2. The Balaban J connectivity index is 3.19. The van der Waals surface area contributed by atoms with E-state index in [-0.39, 0.29) is 18.3 Å². The van der Waals surface area contributed by atoms with Gasteiger partial charge in [-0.2, -0.15) is 0 Å². The third-order valence-electron chi connectivity index (χ3n) is 2.90. The highest BCUT2D eigenvalue weighted by molar-refractivity contribution is 6.30. The van der Waals surface area contributed by atoms with E-state index < -0.39 is 17.9 Å². The lowest BCUT2D eigenvalue weighted by Crippen LogP contribution is -2.40. The molecule has 0 saturated heterocycles. The number of Topliss-reactive ketones (excluding diaryl/α,β-unsaturated/α-hetero) is 1. The van der Waals surface area contributed by atoms with Gasteiger partial charge in [0.2, 0.25) is 5.91 Å². The number of nitrogens with one attached hydrogen (secondary N) is 1. The fraction of sp³-hybridized carbons (Fsp3) is 0.400. The molecule has 5 nitrogen and oxygen atoms in total. The van der Waals surface area contributed by atoms with Gasteiger partial charge in [-0.1, -0.05) is 23.7 Å². The van der Waals surface area contributed by atoms with Crippen molar-refractivity contribution in [2.24, 2.45) is 5.92 Å². The van der Waals surface area contributed by atoms with Crippen molar-refractivity contribution in [1.82, 2.24) is 5.32 Å². The maximum Gasteiger partial charge on any atom is 0.318 e. The fourth-order valence-corrected chi connectivity index (χ4v) is 2.14. The molecular weight excluding hydrogens is 294 g/mol. The number of halogens is 1. The van der Waals surface area contributed by atoms with E-state index in [1.807, 2.05) is 0 Å². The van der Waals surface area contributed by atoms with Gasteiger partial charge in [-0.15, -0.1) is 0 Å². The Morgan fingerprint density at radius 2 is 1.76 bits per heavy atom. The van der Waals surface area contributed by atoms with Crippen molar-refractivity contribution in [3.8, 4) is 0 Å². The molecule has 2 atom stereocenters. The second kappa shape index (κ2) is 7.78. The first-order chi connectivity index (χ1) is 9.86. The zero-order valence-corrected chi connectivity index (χ0v) is 12.9. The molecule has 0 aliphatic heterocycles. The smallest absolute Gasteiger partial charge is 0.318 e. The van der Waals surface area contributed by atoms with Crippen LogP contribution in [-0.4, -0.2) is 24.3 Å². The number of amides is 1. The molecule has 0 heterocycles. The summed E-state index contributed by atoms with van der Waals surface area (Å²) in [7, 11) is 0. The largest absolute Gasteiger partial charge is 0.465 e. The lowest BCUT2D eigenvalue weighted by atomic mass is 9.90. The third kappa shape index (κ3) is 4.86. The molecule has 0 bridgehead atoms. The lowest BCUT2D eigenvalue weighted by Gasteiger charge is -2.24. The van der Waals surface area contributed by atoms with Crippen LogP contribution < -0.4 is 5.32 Å². The predicted octanol–water partition coefficient (Wildman–Crippen LogP) is 2.29. The molecule has 0 aliphatic rings. The van der Waals surface area contributed by atoms with Crippen LogP contribution in [0.3, 0.4) is 0 Å². The van der Waals surface area contributed by atoms with E-state index in [1.54, 1.807) is 31.2 Å². The molecule has 0 saturated carbocycles. The van der Waals surface area contributed by atoms with Crippen molar-refractivity contribution in [1.29, 1.82) is 0 Å². The number of carbonyl (C=O) groups is 3. The van der Waals surface area contributed by atoms with E-state index in [1.165, 1.54) is 13.8 Å². The molecule has 0 unspecified atom stereocenters. The van der Waals surface area contributed by atoms with Gasteiger partial charge in [0.15, 0.2) is 0 Å². The first-order valence-electron chi connectivity index (χ1n) is 6.56. The summed E-state index contributed by atoms with van der Waals surface area (Å²) in [6.45, 7) is 4.44. The Labute approximate surface area is 128 Å². The summed E-state index contributed by atoms with van der Waals surface area (Å²) in [4.78, 5) is 35.3. The molecule has 21 heavy (non-hydrogen) atoms. The van der Waals surface area contributed by atoms with Crippen LogP contribution in [0.2, 0.25) is 5.02 Å². The highest BCUT2D eigenvalue weighted by atomic mass is 35.5. The third-order valence-corrected chi connectivity index (χ3v) is 3.15. The molecule has 114 valence electrons. The quantitative estimate of drug-likeness (QED) is 0.646. The summed E-state index contributed by atoms with van der Waals surface area (Å²) in [5.41, 5.74) is 0.614. The van der Waals surface area contributed by atoms with Crippen molar-refractivity contribution in [2.45, 2.75) is 26.8 Å². The highest BCUT2D eigenvalue weighted by Crippen LogP contribution is 2.26. The molecule has 0 spiro atoms. The summed E-state index contributed by atoms with van der Waals surface area (Å²) in [6, 6.07) is 5.81. The summed E-state index contributed by atoms with van der Waals surface area (Å²) in [6.07, 6.45) is 0. The van der Waals surface area contributed by atoms with Gasteiger partial charge < -0.3 is 10.1 Å². The summed E-state index contributed by atoms with van der Waals surface area (Å²) in [5, 5.41) is 3.16. The molecule has 0 fully saturated rings. The van der Waals surface area contributed by atoms with Gasteiger partial charge in [0.05, 0.1) is 12.6 Å². The number of hydrogen-bond acceptors (Lipinski definition) is 4. The Kier molecular flexibility index (Phi) is 6.37. The van der Waals surface area contributed by atoms with Crippen LogP contribution in [0.25, 0.3) is 0 Å². The number of rotatable bonds is 6. The van der Waals surface area contributed by atoms with Gasteiger partial charge in [-0.05, 0) is 31.5 Å². The normalized spacial score (nSPS) is 13.1. The highest BCUT2D eigenvalue weighted by Gasteiger charge is 2.35. The number of ketones is 1. The minimum Gasteiger partial charge on any atom is -0.465 e. The second-order valence-electron chi connectivity index (χ2n) is 4.57. The van der Waals surface area contributed by atoms with Gasteiger partial charge in [0.25, 0.3) is 0 Å². The van der Waals surface area contributed by atoms with E-state index in [9.17, 15) is 14.4 Å². The van der Waals surface area contributed by atoms with E-state index >= 15 is 0 Å². The zero-order valence-electron chi connectivity index (χ0n) is 12.2. The maximum atomic E-state index is 12.0. The molecule has 1 aromatic carbocycles. The summed E-state index contributed by atoms with van der Waals surface area (Å²) in [5.74, 6) is -2.46. The summed E-state index contributed by atoms with van der Waals surface area (Å²) >= 11 is 5.83. The van der Waals surface area contributed by atoms with Gasteiger partial charge >= 0.3 is 5.97 Å². The van der Waals surface area contributed by atoms with Crippen LogP contribution >= 0.6 is 11.6 Å². The van der Waals surface area contributed by atoms with Crippen LogP contribution in [0.1, 0.15) is 32.4 Å². The predicted molar refractivity (Wildman–Crippen MR) is 78.8 cm³/mol. The molecule has 0 aromatic heterocycles. The maximum absolute atomic E-state index is 12.0. The number of carbonyl (C=O) groups excluding carboxylic acids is 3. The van der Waals surface area contributed by atoms with Gasteiger partial charge in [-0.3, -0.25) is 14.4 Å². The van der Waals surface area contributed by atoms with Crippen LogP contribution in [0.15, 0.2) is 24.3 Å². The average Bonchev–Trinajstić information content (AvgIpc) is 2.38. The van der Waals surface area contributed by atoms with E-state index in [4.69, 9.17) is 16.3 Å². The lowest BCUT2D eigenvalue weighted by molar-refractivity contribution is -0.152. The minimum absolute atomic E-state index is 0.163. The molecule has 1 N–H and O–H groups in total. The number of esters is 1. The number of benzene rings is 1. The Hall–Kier alpha value is -1.88. The SMILES string of the molecule is CCOC(=O)[C@@H](C(C)=O)[C@@H](NC(C)=O)c1ccc(Cl)cc1. The van der Waals surface area contributed by atoms with Crippen LogP contribution in [0, 0.1) is 5.92 Å². The minimum atomic E-state index is -1.09.